The molecule has 1 heterocycles. The Morgan fingerprint density at radius 3 is 2.32 bits per heavy atom. The maximum absolute atomic E-state index is 12.3. The second kappa shape index (κ2) is 8.85. The third-order valence-corrected chi connectivity index (χ3v) is 4.13. The predicted molar refractivity (Wildman–Crippen MR) is 105 cm³/mol. The summed E-state index contributed by atoms with van der Waals surface area (Å²) in [6.45, 7) is 0.111. The van der Waals surface area contributed by atoms with Crippen molar-refractivity contribution in [1.29, 1.82) is 0 Å². The number of ether oxygens (including phenoxy) is 2. The first-order valence-corrected chi connectivity index (χ1v) is 8.71. The molecule has 0 unspecified atom stereocenters. The fourth-order valence-electron chi connectivity index (χ4n) is 2.69. The molecule has 0 saturated carbocycles. The minimum absolute atomic E-state index is 0.166. The number of carbonyl (C=O) groups excluding carboxylic acids is 1. The zero-order chi connectivity index (χ0) is 19.9. The van der Waals surface area contributed by atoms with Crippen molar-refractivity contribution in [1.82, 2.24) is 15.1 Å². The van der Waals surface area contributed by atoms with Crippen molar-refractivity contribution < 1.29 is 14.3 Å². The van der Waals surface area contributed by atoms with Crippen LogP contribution < -0.4 is 20.3 Å². The molecule has 2 aromatic carbocycles. The van der Waals surface area contributed by atoms with E-state index >= 15 is 0 Å². The van der Waals surface area contributed by atoms with Crippen molar-refractivity contribution in [3.8, 4) is 22.8 Å². The van der Waals surface area contributed by atoms with Gasteiger partial charge in [0.2, 0.25) is 5.91 Å². The van der Waals surface area contributed by atoms with Crippen molar-refractivity contribution in [3.63, 3.8) is 0 Å². The summed E-state index contributed by atoms with van der Waals surface area (Å²) in [5, 5.41) is 7.08. The molecular weight excluding hydrogens is 358 g/mol. The van der Waals surface area contributed by atoms with Gasteiger partial charge in [-0.2, -0.15) is 5.10 Å². The molecule has 28 heavy (non-hydrogen) atoms. The first-order valence-electron chi connectivity index (χ1n) is 8.71. The van der Waals surface area contributed by atoms with Crippen LogP contribution in [0.4, 0.5) is 0 Å². The van der Waals surface area contributed by atoms with E-state index in [-0.39, 0.29) is 24.6 Å². The lowest BCUT2D eigenvalue weighted by Gasteiger charge is -2.10. The highest BCUT2D eigenvalue weighted by molar-refractivity contribution is 5.75. The van der Waals surface area contributed by atoms with Crippen molar-refractivity contribution >= 4 is 5.91 Å². The number of hydrogen-bond donors (Lipinski definition) is 1. The Morgan fingerprint density at radius 1 is 1.00 bits per heavy atom. The van der Waals surface area contributed by atoms with Gasteiger partial charge < -0.3 is 14.8 Å². The van der Waals surface area contributed by atoms with E-state index in [2.05, 4.69) is 10.4 Å². The molecule has 1 N–H and O–H groups in total. The van der Waals surface area contributed by atoms with E-state index in [1.807, 2.05) is 42.5 Å². The van der Waals surface area contributed by atoms with Gasteiger partial charge in [-0.15, -0.1) is 0 Å². The summed E-state index contributed by atoms with van der Waals surface area (Å²) in [5.74, 6) is 0.954. The van der Waals surface area contributed by atoms with Crippen LogP contribution in [0, 0.1) is 0 Å². The zero-order valence-corrected chi connectivity index (χ0v) is 15.7. The Hall–Kier alpha value is -3.61. The second-order valence-corrected chi connectivity index (χ2v) is 6.08. The van der Waals surface area contributed by atoms with Crippen LogP contribution in [-0.4, -0.2) is 29.9 Å². The molecule has 0 saturated heterocycles. The number of nitrogens with one attached hydrogen (secondary N) is 1. The molecule has 0 aliphatic carbocycles. The van der Waals surface area contributed by atoms with Crippen LogP contribution in [0.2, 0.25) is 0 Å². The average molecular weight is 379 g/mol. The van der Waals surface area contributed by atoms with Gasteiger partial charge in [-0.05, 0) is 23.8 Å². The molecule has 0 aliphatic heterocycles. The second-order valence-electron chi connectivity index (χ2n) is 6.08. The first-order chi connectivity index (χ1) is 13.6. The molecule has 7 heteroatoms. The smallest absolute Gasteiger partial charge is 0.267 e. The molecule has 0 aliphatic rings. The van der Waals surface area contributed by atoms with Crippen LogP contribution in [0.1, 0.15) is 5.56 Å². The lowest BCUT2D eigenvalue weighted by molar-refractivity contribution is -0.122. The number of methoxy groups -OCH3 is 2. The maximum Gasteiger partial charge on any atom is 0.267 e. The Balaban J connectivity index is 1.69. The average Bonchev–Trinajstić information content (AvgIpc) is 2.74. The van der Waals surface area contributed by atoms with E-state index in [4.69, 9.17) is 9.47 Å². The summed E-state index contributed by atoms with van der Waals surface area (Å²) < 4.78 is 11.6. The topological polar surface area (TPSA) is 82.5 Å². The highest BCUT2D eigenvalue weighted by Gasteiger charge is 2.09. The van der Waals surface area contributed by atoms with Gasteiger partial charge in [-0.3, -0.25) is 9.59 Å². The van der Waals surface area contributed by atoms with Crippen LogP contribution in [0.5, 0.6) is 11.5 Å². The number of nitrogens with zero attached hydrogens (tertiary/aromatic N) is 2. The normalized spacial score (nSPS) is 10.4. The summed E-state index contributed by atoms with van der Waals surface area (Å²) in [4.78, 5) is 24.4. The van der Waals surface area contributed by atoms with E-state index in [1.54, 1.807) is 26.4 Å². The molecule has 0 atom stereocenters. The molecule has 7 nitrogen and oxygen atoms in total. The minimum Gasteiger partial charge on any atom is -0.497 e. The lowest BCUT2D eigenvalue weighted by atomic mass is 10.1. The van der Waals surface area contributed by atoms with Gasteiger partial charge in [0.05, 0.1) is 19.9 Å². The van der Waals surface area contributed by atoms with Gasteiger partial charge in [0.25, 0.3) is 5.56 Å². The summed E-state index contributed by atoms with van der Waals surface area (Å²) in [5.41, 5.74) is 1.99. The summed E-state index contributed by atoms with van der Waals surface area (Å²) in [7, 11) is 3.13. The van der Waals surface area contributed by atoms with Crippen molar-refractivity contribution in [2.75, 3.05) is 14.2 Å². The fraction of sp³-hybridized carbons (Fsp3) is 0.190. The summed E-state index contributed by atoms with van der Waals surface area (Å²) >= 11 is 0. The standard InChI is InChI=1S/C21H21N3O4/c1-27-17-10-15(11-18(12-17)28-2)13-22-20(25)14-24-21(26)9-8-19(23-24)16-6-4-3-5-7-16/h3-12H,13-14H2,1-2H3,(H,22,25). The van der Waals surface area contributed by atoms with Crippen LogP contribution in [0.25, 0.3) is 11.3 Å². The number of hydrogen-bond acceptors (Lipinski definition) is 5. The van der Waals surface area contributed by atoms with E-state index in [0.29, 0.717) is 17.2 Å². The molecule has 3 rings (SSSR count). The first kappa shape index (κ1) is 19.2. The maximum atomic E-state index is 12.3. The van der Waals surface area contributed by atoms with Gasteiger partial charge in [0, 0.05) is 24.2 Å². The number of amides is 1. The van der Waals surface area contributed by atoms with Crippen LogP contribution in [0.15, 0.2) is 65.5 Å². The Labute approximate surface area is 162 Å². The molecular formula is C21H21N3O4. The van der Waals surface area contributed by atoms with Crippen molar-refractivity contribution in [2.24, 2.45) is 0 Å². The molecule has 3 aromatic rings. The SMILES string of the molecule is COc1cc(CNC(=O)Cn2nc(-c3ccccc3)ccc2=O)cc(OC)c1. The van der Waals surface area contributed by atoms with Gasteiger partial charge in [-0.1, -0.05) is 30.3 Å². The summed E-state index contributed by atoms with van der Waals surface area (Å²) in [6, 6.07) is 17.9. The molecule has 0 radical (unpaired) electrons. The van der Waals surface area contributed by atoms with Crippen molar-refractivity contribution in [2.45, 2.75) is 13.1 Å². The van der Waals surface area contributed by atoms with Crippen LogP contribution in [-0.2, 0) is 17.9 Å². The monoisotopic (exact) mass is 379 g/mol. The number of aromatic nitrogens is 2. The molecule has 0 spiro atoms. The Kier molecular flexibility index (Phi) is 6.06. The Morgan fingerprint density at radius 2 is 1.68 bits per heavy atom. The van der Waals surface area contributed by atoms with Crippen molar-refractivity contribution in [3.05, 3.63) is 76.6 Å². The molecule has 144 valence electrons. The summed E-state index contributed by atoms with van der Waals surface area (Å²) in [6.07, 6.45) is 0. The highest BCUT2D eigenvalue weighted by Crippen LogP contribution is 2.22. The number of benzene rings is 2. The zero-order valence-electron chi connectivity index (χ0n) is 15.7. The van der Waals surface area contributed by atoms with Gasteiger partial charge >= 0.3 is 0 Å². The third-order valence-electron chi connectivity index (χ3n) is 4.13. The van der Waals surface area contributed by atoms with E-state index < -0.39 is 0 Å². The molecule has 0 fully saturated rings. The van der Waals surface area contributed by atoms with E-state index in [0.717, 1.165) is 15.8 Å². The molecule has 0 bridgehead atoms. The van der Waals surface area contributed by atoms with E-state index in [9.17, 15) is 9.59 Å². The van der Waals surface area contributed by atoms with E-state index in [1.165, 1.54) is 6.07 Å². The highest BCUT2D eigenvalue weighted by atomic mass is 16.5. The van der Waals surface area contributed by atoms with Gasteiger partial charge in [0.1, 0.15) is 18.0 Å². The lowest BCUT2D eigenvalue weighted by Crippen LogP contribution is -2.33. The van der Waals surface area contributed by atoms with Crippen LogP contribution in [0.3, 0.4) is 0 Å². The van der Waals surface area contributed by atoms with Gasteiger partial charge in [0.15, 0.2) is 0 Å². The molecule has 1 amide bonds. The molecule has 1 aromatic heterocycles. The number of rotatable bonds is 7. The minimum atomic E-state index is -0.335. The largest absolute Gasteiger partial charge is 0.497 e. The van der Waals surface area contributed by atoms with Gasteiger partial charge in [-0.25, -0.2) is 4.68 Å². The predicted octanol–water partition coefficient (Wildman–Crippen LogP) is 2.24. The quantitative estimate of drug-likeness (QED) is 0.681. The Bertz CT molecular complexity index is 993. The third kappa shape index (κ3) is 4.76. The number of carbonyl (C=O) groups is 1. The fourth-order valence-corrected chi connectivity index (χ4v) is 2.69. The van der Waals surface area contributed by atoms with Crippen LogP contribution >= 0.6 is 0 Å².